The van der Waals surface area contributed by atoms with Crippen LogP contribution >= 0.6 is 34.8 Å². The van der Waals surface area contributed by atoms with Crippen LogP contribution in [0.15, 0.2) is 12.1 Å². The van der Waals surface area contributed by atoms with Crippen molar-refractivity contribution in [2.24, 2.45) is 0 Å². The van der Waals surface area contributed by atoms with Crippen LogP contribution in [0.25, 0.3) is 0 Å². The van der Waals surface area contributed by atoms with E-state index in [0.29, 0.717) is 0 Å². The number of carbonyl (C=O) groups is 1. The van der Waals surface area contributed by atoms with Gasteiger partial charge in [0.15, 0.2) is 0 Å². The van der Waals surface area contributed by atoms with Gasteiger partial charge in [-0.1, -0.05) is 40.9 Å². The van der Waals surface area contributed by atoms with Crippen molar-refractivity contribution < 1.29 is 9.90 Å². The fourth-order valence-corrected chi connectivity index (χ4v) is 1.30. The molecule has 0 spiro atoms. The Hall–Kier alpha value is -0.440. The minimum Gasteiger partial charge on any atom is -0.545 e. The van der Waals surface area contributed by atoms with Gasteiger partial charge in [-0.05, 0) is 6.07 Å². The Morgan fingerprint density at radius 1 is 1.17 bits per heavy atom. The predicted octanol–water partition coefficient (Wildman–Crippen LogP) is 2.01. The highest BCUT2D eigenvalue weighted by atomic mass is 35.5. The molecule has 0 aliphatic carbocycles. The zero-order valence-corrected chi connectivity index (χ0v) is 7.87. The maximum absolute atomic E-state index is 10.4. The summed E-state index contributed by atoms with van der Waals surface area (Å²) < 4.78 is 0. The van der Waals surface area contributed by atoms with E-state index >= 15 is 0 Å². The maximum Gasteiger partial charge on any atom is 0.0785 e. The van der Waals surface area contributed by atoms with Crippen molar-refractivity contribution in [2.75, 3.05) is 0 Å². The Morgan fingerprint density at radius 2 is 1.75 bits per heavy atom. The first-order valence-electron chi connectivity index (χ1n) is 2.89. The van der Waals surface area contributed by atoms with Gasteiger partial charge in [0.05, 0.1) is 21.0 Å². The summed E-state index contributed by atoms with van der Waals surface area (Å²) in [5, 5.41) is 10.5. The quantitative estimate of drug-likeness (QED) is 0.685. The standard InChI is InChI=1S/C7H3Cl3O2/c8-4-2-1-3(7(11)12)5(9)6(4)10/h1-2H,(H,11,12)/p-1. The maximum atomic E-state index is 10.4. The number of carboxylic acids is 1. The smallest absolute Gasteiger partial charge is 0.0785 e. The minimum atomic E-state index is -1.38. The Labute approximate surface area is 83.7 Å². The van der Waals surface area contributed by atoms with Gasteiger partial charge >= 0.3 is 0 Å². The monoisotopic (exact) mass is 223 g/mol. The van der Waals surface area contributed by atoms with Gasteiger partial charge in [0, 0.05) is 5.56 Å². The topological polar surface area (TPSA) is 40.1 Å². The Morgan fingerprint density at radius 3 is 2.25 bits per heavy atom. The van der Waals surface area contributed by atoms with Crippen LogP contribution in [0.4, 0.5) is 0 Å². The van der Waals surface area contributed by atoms with Gasteiger partial charge in [-0.2, -0.15) is 0 Å². The third-order valence-corrected chi connectivity index (χ3v) is 2.55. The lowest BCUT2D eigenvalue weighted by atomic mass is 10.2. The van der Waals surface area contributed by atoms with E-state index < -0.39 is 5.97 Å². The van der Waals surface area contributed by atoms with Crippen LogP contribution in [0.3, 0.4) is 0 Å². The molecule has 0 radical (unpaired) electrons. The van der Waals surface area contributed by atoms with Gasteiger partial charge in [0.2, 0.25) is 0 Å². The third-order valence-electron chi connectivity index (χ3n) is 1.26. The second kappa shape index (κ2) is 3.52. The molecule has 0 unspecified atom stereocenters. The molecule has 0 aromatic heterocycles. The first kappa shape index (κ1) is 9.65. The number of rotatable bonds is 1. The van der Waals surface area contributed by atoms with E-state index in [1.54, 1.807) is 0 Å². The summed E-state index contributed by atoms with van der Waals surface area (Å²) in [7, 11) is 0. The van der Waals surface area contributed by atoms with Crippen molar-refractivity contribution >= 4 is 40.8 Å². The van der Waals surface area contributed by atoms with E-state index in [0.717, 1.165) is 0 Å². The molecule has 1 rings (SSSR count). The summed E-state index contributed by atoms with van der Waals surface area (Å²) >= 11 is 16.7. The lowest BCUT2D eigenvalue weighted by Crippen LogP contribution is -2.22. The largest absolute Gasteiger partial charge is 0.545 e. The van der Waals surface area contributed by atoms with Gasteiger partial charge in [-0.25, -0.2) is 0 Å². The number of halogens is 3. The molecule has 0 bridgehead atoms. The van der Waals surface area contributed by atoms with E-state index in [1.165, 1.54) is 12.1 Å². The second-order valence-corrected chi connectivity index (χ2v) is 3.17. The van der Waals surface area contributed by atoms with E-state index in [2.05, 4.69) is 0 Å². The lowest BCUT2D eigenvalue weighted by Gasteiger charge is -2.06. The highest BCUT2D eigenvalue weighted by molar-refractivity contribution is 6.49. The van der Waals surface area contributed by atoms with Gasteiger partial charge < -0.3 is 9.90 Å². The normalized spacial score (nSPS) is 9.92. The van der Waals surface area contributed by atoms with Crippen LogP contribution in [-0.4, -0.2) is 5.97 Å². The zero-order chi connectivity index (χ0) is 9.30. The fourth-order valence-electron chi connectivity index (χ4n) is 0.684. The summed E-state index contributed by atoms with van der Waals surface area (Å²) in [5.41, 5.74) is -0.161. The number of hydrogen-bond donors (Lipinski definition) is 0. The van der Waals surface area contributed by atoms with Crippen molar-refractivity contribution in [2.45, 2.75) is 0 Å². The average Bonchev–Trinajstić information content (AvgIpc) is 2.00. The van der Waals surface area contributed by atoms with Crippen LogP contribution < -0.4 is 5.11 Å². The molecule has 5 heteroatoms. The van der Waals surface area contributed by atoms with E-state index in [9.17, 15) is 9.90 Å². The molecule has 0 heterocycles. The van der Waals surface area contributed by atoms with E-state index in [-0.39, 0.29) is 20.6 Å². The van der Waals surface area contributed by atoms with E-state index in [1.807, 2.05) is 0 Å². The highest BCUT2D eigenvalue weighted by Gasteiger charge is 2.08. The van der Waals surface area contributed by atoms with E-state index in [4.69, 9.17) is 34.8 Å². The molecule has 1 aromatic carbocycles. The van der Waals surface area contributed by atoms with Crippen LogP contribution in [-0.2, 0) is 0 Å². The molecule has 0 aliphatic heterocycles. The average molecular weight is 224 g/mol. The van der Waals surface area contributed by atoms with Crippen molar-refractivity contribution in [1.29, 1.82) is 0 Å². The van der Waals surface area contributed by atoms with Crippen molar-refractivity contribution in [3.8, 4) is 0 Å². The summed E-state index contributed by atoms with van der Waals surface area (Å²) in [6, 6.07) is 2.59. The molecule has 0 fully saturated rings. The first-order chi connectivity index (χ1) is 5.54. The molecular weight excluding hydrogens is 222 g/mol. The molecule has 12 heavy (non-hydrogen) atoms. The first-order valence-corrected chi connectivity index (χ1v) is 4.02. The van der Waals surface area contributed by atoms with Crippen LogP contribution in [0.2, 0.25) is 15.1 Å². The Kier molecular flexibility index (Phi) is 2.83. The van der Waals surface area contributed by atoms with Crippen molar-refractivity contribution in [3.05, 3.63) is 32.8 Å². The molecular formula is C7H2Cl3O2-. The molecule has 1 aromatic rings. The Bertz CT molecular complexity index is 336. The highest BCUT2D eigenvalue weighted by Crippen LogP contribution is 2.32. The van der Waals surface area contributed by atoms with Gasteiger partial charge in [0.1, 0.15) is 0 Å². The number of aromatic carboxylic acids is 1. The number of benzene rings is 1. The number of carboxylic acid groups (broad SMARTS) is 1. The Balaban J connectivity index is 3.36. The SMILES string of the molecule is O=C([O-])c1ccc(Cl)c(Cl)c1Cl. The van der Waals surface area contributed by atoms with Crippen LogP contribution in [0.1, 0.15) is 10.4 Å². The molecule has 64 valence electrons. The summed E-state index contributed by atoms with van der Waals surface area (Å²) in [5.74, 6) is -1.38. The van der Waals surface area contributed by atoms with Gasteiger partial charge in [-0.15, -0.1) is 0 Å². The van der Waals surface area contributed by atoms with Gasteiger partial charge in [0.25, 0.3) is 0 Å². The molecule has 0 saturated heterocycles. The molecule has 0 saturated carbocycles. The molecule has 0 aliphatic rings. The third kappa shape index (κ3) is 1.66. The molecule has 0 amide bonds. The summed E-state index contributed by atoms with van der Waals surface area (Å²) in [4.78, 5) is 10.4. The summed E-state index contributed by atoms with van der Waals surface area (Å²) in [6.07, 6.45) is 0. The molecule has 2 nitrogen and oxygen atoms in total. The minimum absolute atomic E-state index is 0.0278. The van der Waals surface area contributed by atoms with Crippen LogP contribution in [0, 0.1) is 0 Å². The summed E-state index contributed by atoms with van der Waals surface area (Å²) in [6.45, 7) is 0. The second-order valence-electron chi connectivity index (χ2n) is 2.01. The predicted molar refractivity (Wildman–Crippen MR) is 45.8 cm³/mol. The van der Waals surface area contributed by atoms with Gasteiger partial charge in [-0.3, -0.25) is 0 Å². The fraction of sp³-hybridized carbons (Fsp3) is 0. The van der Waals surface area contributed by atoms with Crippen molar-refractivity contribution in [3.63, 3.8) is 0 Å². The molecule has 0 N–H and O–H groups in total. The number of hydrogen-bond acceptors (Lipinski definition) is 2. The zero-order valence-electron chi connectivity index (χ0n) is 5.61. The van der Waals surface area contributed by atoms with Crippen molar-refractivity contribution in [1.82, 2.24) is 0 Å². The lowest BCUT2D eigenvalue weighted by molar-refractivity contribution is -0.255. The molecule has 0 atom stereocenters. The van der Waals surface area contributed by atoms with Crippen LogP contribution in [0.5, 0.6) is 0 Å². The number of carbonyl (C=O) groups excluding carboxylic acids is 1.